The quantitative estimate of drug-likeness (QED) is 0.758. The summed E-state index contributed by atoms with van der Waals surface area (Å²) < 4.78 is 5.71. The van der Waals surface area contributed by atoms with Crippen molar-refractivity contribution < 1.29 is 4.74 Å². The van der Waals surface area contributed by atoms with E-state index in [9.17, 15) is 0 Å². The van der Waals surface area contributed by atoms with Crippen molar-refractivity contribution >= 4 is 0 Å². The Labute approximate surface area is 123 Å². The number of rotatable bonds is 8. The normalized spacial score (nSPS) is 18.6. The predicted molar refractivity (Wildman–Crippen MR) is 85.2 cm³/mol. The van der Waals surface area contributed by atoms with Crippen molar-refractivity contribution in [1.29, 1.82) is 0 Å². The number of likely N-dealkylation sites (N-methyl/N-ethyl adjacent to an activating group) is 1. The maximum atomic E-state index is 5.71. The first-order valence-corrected chi connectivity index (χ1v) is 8.16. The second-order valence-electron chi connectivity index (χ2n) is 5.89. The van der Waals surface area contributed by atoms with E-state index >= 15 is 0 Å². The summed E-state index contributed by atoms with van der Waals surface area (Å²) in [5, 5.41) is 3.59. The molecular weight excluding hydrogens is 246 g/mol. The molecule has 1 saturated carbocycles. The summed E-state index contributed by atoms with van der Waals surface area (Å²) in [5.41, 5.74) is 2.87. The highest BCUT2D eigenvalue weighted by atomic mass is 16.5. The molecule has 2 nitrogen and oxygen atoms in total. The van der Waals surface area contributed by atoms with Gasteiger partial charge in [-0.15, -0.1) is 0 Å². The van der Waals surface area contributed by atoms with E-state index in [-0.39, 0.29) is 6.10 Å². The van der Waals surface area contributed by atoms with Crippen molar-refractivity contribution in [2.24, 2.45) is 0 Å². The van der Waals surface area contributed by atoms with Crippen LogP contribution in [0.5, 0.6) is 0 Å². The van der Waals surface area contributed by atoms with Crippen LogP contribution in [-0.2, 0) is 4.74 Å². The van der Waals surface area contributed by atoms with E-state index in [0.29, 0.717) is 6.04 Å². The Morgan fingerprint density at radius 2 is 1.90 bits per heavy atom. The Morgan fingerprint density at radius 3 is 2.35 bits per heavy atom. The van der Waals surface area contributed by atoms with E-state index in [0.717, 1.165) is 25.3 Å². The van der Waals surface area contributed by atoms with E-state index in [1.165, 1.54) is 30.4 Å². The van der Waals surface area contributed by atoms with E-state index in [1.54, 1.807) is 0 Å². The number of hydrogen-bond donors (Lipinski definition) is 1. The van der Waals surface area contributed by atoms with Gasteiger partial charge >= 0.3 is 0 Å². The van der Waals surface area contributed by atoms with Gasteiger partial charge in [-0.05, 0) is 42.9 Å². The molecule has 0 heterocycles. The van der Waals surface area contributed by atoms with E-state index < -0.39 is 0 Å². The van der Waals surface area contributed by atoms with Gasteiger partial charge in [-0.2, -0.15) is 0 Å². The van der Waals surface area contributed by atoms with Crippen LogP contribution < -0.4 is 5.32 Å². The second kappa shape index (κ2) is 7.80. The standard InChI is InChI=1S/C18H29NO/c1-4-7-17(20-3)18(19-5-2)16-12-10-15(11-13-16)14-8-6-9-14/h10-14,17-19H,4-9H2,1-3H3. The molecule has 2 heteroatoms. The van der Waals surface area contributed by atoms with Crippen LogP contribution in [0.1, 0.15) is 69.0 Å². The highest BCUT2D eigenvalue weighted by Crippen LogP contribution is 2.36. The average molecular weight is 275 g/mol. The van der Waals surface area contributed by atoms with Crippen molar-refractivity contribution in [3.8, 4) is 0 Å². The van der Waals surface area contributed by atoms with Gasteiger partial charge in [-0.25, -0.2) is 0 Å². The zero-order valence-electron chi connectivity index (χ0n) is 13.2. The minimum Gasteiger partial charge on any atom is -0.379 e. The van der Waals surface area contributed by atoms with Gasteiger partial charge in [0.15, 0.2) is 0 Å². The molecule has 0 aliphatic heterocycles. The Morgan fingerprint density at radius 1 is 1.20 bits per heavy atom. The van der Waals surface area contributed by atoms with Crippen LogP contribution in [0.25, 0.3) is 0 Å². The molecule has 1 N–H and O–H groups in total. The first-order chi connectivity index (χ1) is 9.80. The molecule has 0 aromatic heterocycles. The highest BCUT2D eigenvalue weighted by Gasteiger charge is 2.23. The second-order valence-corrected chi connectivity index (χ2v) is 5.89. The van der Waals surface area contributed by atoms with Crippen molar-refractivity contribution in [3.05, 3.63) is 35.4 Å². The largest absolute Gasteiger partial charge is 0.379 e. The lowest BCUT2D eigenvalue weighted by Crippen LogP contribution is -2.33. The number of ether oxygens (including phenoxy) is 1. The molecule has 0 amide bonds. The van der Waals surface area contributed by atoms with Crippen LogP contribution >= 0.6 is 0 Å². The van der Waals surface area contributed by atoms with Gasteiger partial charge in [0.05, 0.1) is 12.1 Å². The lowest BCUT2D eigenvalue weighted by Gasteiger charge is -2.29. The summed E-state index contributed by atoms with van der Waals surface area (Å²) in [6, 6.07) is 9.54. The monoisotopic (exact) mass is 275 g/mol. The fraction of sp³-hybridized carbons (Fsp3) is 0.667. The predicted octanol–water partition coefficient (Wildman–Crippen LogP) is 4.42. The number of methoxy groups -OCH3 is 1. The van der Waals surface area contributed by atoms with Gasteiger partial charge in [-0.3, -0.25) is 0 Å². The Hall–Kier alpha value is -0.860. The lowest BCUT2D eigenvalue weighted by atomic mass is 9.79. The minimum absolute atomic E-state index is 0.259. The van der Waals surface area contributed by atoms with Gasteiger partial charge in [-0.1, -0.05) is 51.0 Å². The Bertz CT molecular complexity index is 383. The maximum absolute atomic E-state index is 5.71. The molecule has 1 aliphatic carbocycles. The molecule has 0 radical (unpaired) electrons. The smallest absolute Gasteiger partial charge is 0.0765 e. The summed E-state index contributed by atoms with van der Waals surface area (Å²) in [6.45, 7) is 5.35. The summed E-state index contributed by atoms with van der Waals surface area (Å²) >= 11 is 0. The third-order valence-electron chi connectivity index (χ3n) is 4.54. The van der Waals surface area contributed by atoms with Gasteiger partial charge in [0.1, 0.15) is 0 Å². The van der Waals surface area contributed by atoms with E-state index in [4.69, 9.17) is 4.74 Å². The third-order valence-corrected chi connectivity index (χ3v) is 4.54. The van der Waals surface area contributed by atoms with Crippen LogP contribution in [-0.4, -0.2) is 19.8 Å². The number of hydrogen-bond acceptors (Lipinski definition) is 2. The molecule has 2 unspecified atom stereocenters. The summed E-state index contributed by atoms with van der Waals surface area (Å²) in [4.78, 5) is 0. The maximum Gasteiger partial charge on any atom is 0.0765 e. The Kier molecular flexibility index (Phi) is 6.06. The zero-order valence-corrected chi connectivity index (χ0v) is 13.2. The van der Waals surface area contributed by atoms with Crippen LogP contribution in [0.3, 0.4) is 0 Å². The minimum atomic E-state index is 0.259. The fourth-order valence-electron chi connectivity index (χ4n) is 3.11. The SMILES string of the molecule is CCCC(OC)C(NCC)c1ccc(C2CCC2)cc1. The first kappa shape index (κ1) is 15.5. The van der Waals surface area contributed by atoms with Crippen LogP contribution in [0, 0.1) is 0 Å². The molecule has 2 atom stereocenters. The Balaban J connectivity index is 2.10. The molecular formula is C18H29NO. The molecule has 1 aromatic carbocycles. The lowest BCUT2D eigenvalue weighted by molar-refractivity contribution is 0.0611. The molecule has 2 rings (SSSR count). The van der Waals surface area contributed by atoms with E-state index in [2.05, 4.69) is 43.4 Å². The van der Waals surface area contributed by atoms with Crippen LogP contribution in [0.15, 0.2) is 24.3 Å². The van der Waals surface area contributed by atoms with Gasteiger partial charge < -0.3 is 10.1 Å². The first-order valence-electron chi connectivity index (χ1n) is 8.16. The fourth-order valence-corrected chi connectivity index (χ4v) is 3.11. The van der Waals surface area contributed by atoms with E-state index in [1.807, 2.05) is 7.11 Å². The molecule has 1 aliphatic rings. The van der Waals surface area contributed by atoms with Gasteiger partial charge in [0, 0.05) is 7.11 Å². The summed E-state index contributed by atoms with van der Waals surface area (Å²) in [7, 11) is 1.83. The molecule has 1 fully saturated rings. The van der Waals surface area contributed by atoms with Gasteiger partial charge in [0.2, 0.25) is 0 Å². The highest BCUT2D eigenvalue weighted by molar-refractivity contribution is 5.29. The number of nitrogens with one attached hydrogen (secondary N) is 1. The van der Waals surface area contributed by atoms with Crippen molar-refractivity contribution in [1.82, 2.24) is 5.32 Å². The van der Waals surface area contributed by atoms with Gasteiger partial charge in [0.25, 0.3) is 0 Å². The molecule has 112 valence electrons. The molecule has 0 saturated heterocycles. The topological polar surface area (TPSA) is 21.3 Å². The van der Waals surface area contributed by atoms with Crippen molar-refractivity contribution in [2.45, 2.75) is 64.0 Å². The molecule has 1 aromatic rings. The summed E-state index contributed by atoms with van der Waals surface area (Å²) in [5.74, 6) is 0.815. The zero-order chi connectivity index (χ0) is 14.4. The van der Waals surface area contributed by atoms with Crippen LogP contribution in [0.2, 0.25) is 0 Å². The van der Waals surface area contributed by atoms with Crippen molar-refractivity contribution in [2.75, 3.05) is 13.7 Å². The third kappa shape index (κ3) is 3.62. The number of benzene rings is 1. The van der Waals surface area contributed by atoms with Crippen molar-refractivity contribution in [3.63, 3.8) is 0 Å². The molecule has 20 heavy (non-hydrogen) atoms. The molecule has 0 bridgehead atoms. The van der Waals surface area contributed by atoms with Crippen LogP contribution in [0.4, 0.5) is 0 Å². The molecule has 0 spiro atoms. The average Bonchev–Trinajstić information content (AvgIpc) is 2.42. The summed E-state index contributed by atoms with van der Waals surface area (Å²) in [6.07, 6.45) is 6.64.